The standard InChI is InChI=1S/C22H26N2O2/c1-15-13-17(9-6-16-7-10-18(23)11-8-16)19-14-21(25)26-22(19,2)20-5-3-4-12-24(15)20/h7-8,10-11,14-15,17,20H,3-5,12-13,23H2,1-2H3/t15-,17?,20?,22-/m0/s1. The van der Waals surface area contributed by atoms with Crippen LogP contribution in [0.1, 0.15) is 45.1 Å². The van der Waals surface area contributed by atoms with Crippen molar-refractivity contribution in [2.24, 2.45) is 5.92 Å². The summed E-state index contributed by atoms with van der Waals surface area (Å²) in [5.41, 5.74) is 7.95. The van der Waals surface area contributed by atoms with Gasteiger partial charge in [-0.25, -0.2) is 4.79 Å². The highest BCUT2D eigenvalue weighted by Crippen LogP contribution is 2.46. The SMILES string of the molecule is C[C@H]1CC(C#Cc2ccc(N)cc2)C2=CC(=O)O[C@]2(C)C2CCCCN21. The Labute approximate surface area is 155 Å². The third-order valence-corrected chi connectivity index (χ3v) is 6.16. The Morgan fingerprint density at radius 3 is 2.81 bits per heavy atom. The van der Waals surface area contributed by atoms with Gasteiger partial charge >= 0.3 is 5.97 Å². The predicted molar refractivity (Wildman–Crippen MR) is 102 cm³/mol. The van der Waals surface area contributed by atoms with E-state index < -0.39 is 5.60 Å². The van der Waals surface area contributed by atoms with Crippen LogP contribution in [0, 0.1) is 17.8 Å². The average molecular weight is 350 g/mol. The van der Waals surface area contributed by atoms with Crippen molar-refractivity contribution in [1.29, 1.82) is 0 Å². The van der Waals surface area contributed by atoms with Crippen LogP contribution in [0.2, 0.25) is 0 Å². The molecule has 4 atom stereocenters. The molecule has 3 aliphatic rings. The van der Waals surface area contributed by atoms with Crippen LogP contribution in [0.25, 0.3) is 0 Å². The van der Waals surface area contributed by atoms with Gasteiger partial charge in [0.15, 0.2) is 0 Å². The van der Waals surface area contributed by atoms with Gasteiger partial charge in [0.1, 0.15) is 5.60 Å². The molecule has 1 aromatic rings. The molecule has 3 aliphatic heterocycles. The number of ether oxygens (including phenoxy) is 1. The first-order valence-corrected chi connectivity index (χ1v) is 9.55. The summed E-state index contributed by atoms with van der Waals surface area (Å²) in [6.45, 7) is 5.44. The summed E-state index contributed by atoms with van der Waals surface area (Å²) < 4.78 is 5.89. The lowest BCUT2D eigenvalue weighted by molar-refractivity contribution is -0.151. The van der Waals surface area contributed by atoms with Crippen LogP contribution in [-0.2, 0) is 9.53 Å². The molecule has 2 saturated heterocycles. The van der Waals surface area contributed by atoms with E-state index in [1.807, 2.05) is 24.3 Å². The summed E-state index contributed by atoms with van der Waals surface area (Å²) in [6, 6.07) is 8.29. The molecule has 4 rings (SSSR count). The zero-order chi connectivity index (χ0) is 18.3. The van der Waals surface area contributed by atoms with E-state index in [0.717, 1.165) is 36.2 Å². The molecule has 4 nitrogen and oxygen atoms in total. The Hall–Kier alpha value is -2.25. The van der Waals surface area contributed by atoms with E-state index in [9.17, 15) is 4.79 Å². The maximum atomic E-state index is 12.2. The van der Waals surface area contributed by atoms with Crippen molar-refractivity contribution in [2.75, 3.05) is 12.3 Å². The molecule has 2 fully saturated rings. The van der Waals surface area contributed by atoms with Crippen molar-refractivity contribution in [2.45, 2.75) is 57.2 Å². The minimum absolute atomic E-state index is 0.0320. The lowest BCUT2D eigenvalue weighted by Crippen LogP contribution is -2.55. The van der Waals surface area contributed by atoms with Crippen molar-refractivity contribution >= 4 is 11.7 Å². The number of rotatable bonds is 0. The van der Waals surface area contributed by atoms with Gasteiger partial charge in [-0.1, -0.05) is 18.3 Å². The molecule has 4 heteroatoms. The third kappa shape index (κ3) is 2.91. The Balaban J connectivity index is 1.71. The van der Waals surface area contributed by atoms with E-state index in [1.54, 1.807) is 6.08 Å². The van der Waals surface area contributed by atoms with Crippen molar-refractivity contribution in [1.82, 2.24) is 4.90 Å². The molecule has 0 saturated carbocycles. The fourth-order valence-electron chi connectivity index (χ4n) is 4.82. The number of nitrogen functional groups attached to an aromatic ring is 1. The van der Waals surface area contributed by atoms with Crippen molar-refractivity contribution < 1.29 is 9.53 Å². The lowest BCUT2D eigenvalue weighted by Gasteiger charge is -2.45. The number of nitrogens with two attached hydrogens (primary N) is 1. The van der Waals surface area contributed by atoms with Crippen molar-refractivity contribution in [3.05, 3.63) is 41.5 Å². The molecule has 0 aliphatic carbocycles. The summed E-state index contributed by atoms with van der Waals surface area (Å²) >= 11 is 0. The van der Waals surface area contributed by atoms with Gasteiger partial charge in [-0.3, -0.25) is 4.90 Å². The maximum absolute atomic E-state index is 12.2. The molecule has 2 unspecified atom stereocenters. The van der Waals surface area contributed by atoms with Gasteiger partial charge in [0.2, 0.25) is 0 Å². The van der Waals surface area contributed by atoms with E-state index >= 15 is 0 Å². The summed E-state index contributed by atoms with van der Waals surface area (Å²) in [6.07, 6.45) is 6.11. The Morgan fingerprint density at radius 1 is 1.27 bits per heavy atom. The molecule has 0 radical (unpaired) electrons. The van der Waals surface area contributed by atoms with Gasteiger partial charge in [-0.15, -0.1) is 0 Å². The molecule has 3 heterocycles. The smallest absolute Gasteiger partial charge is 0.331 e. The molecular formula is C22H26N2O2. The monoisotopic (exact) mass is 350 g/mol. The van der Waals surface area contributed by atoms with Gasteiger partial charge in [0.25, 0.3) is 0 Å². The van der Waals surface area contributed by atoms with Gasteiger partial charge in [-0.2, -0.15) is 0 Å². The molecule has 0 bridgehead atoms. The summed E-state index contributed by atoms with van der Waals surface area (Å²) in [5, 5.41) is 0. The van der Waals surface area contributed by atoms with Crippen LogP contribution in [0.4, 0.5) is 5.69 Å². The number of carbonyl (C=O) groups is 1. The number of fused-ring (bicyclic) bond motifs is 3. The molecule has 0 amide bonds. The van der Waals surface area contributed by atoms with Crippen LogP contribution < -0.4 is 5.73 Å². The molecular weight excluding hydrogens is 324 g/mol. The molecule has 0 aromatic heterocycles. The first-order valence-electron chi connectivity index (χ1n) is 9.55. The summed E-state index contributed by atoms with van der Waals surface area (Å²) in [5.74, 6) is 6.53. The number of esters is 1. The van der Waals surface area contributed by atoms with E-state index in [4.69, 9.17) is 10.5 Å². The van der Waals surface area contributed by atoms with E-state index in [1.165, 1.54) is 12.8 Å². The second kappa shape index (κ2) is 6.48. The van der Waals surface area contributed by atoms with Gasteiger partial charge in [0, 0.05) is 29.3 Å². The minimum atomic E-state index is -0.553. The van der Waals surface area contributed by atoms with Gasteiger partial charge in [0.05, 0.1) is 6.04 Å². The molecule has 1 aromatic carbocycles. The highest BCUT2D eigenvalue weighted by molar-refractivity contribution is 5.87. The zero-order valence-electron chi connectivity index (χ0n) is 15.5. The predicted octanol–water partition coefficient (Wildman–Crippen LogP) is 3.13. The molecule has 26 heavy (non-hydrogen) atoms. The largest absolute Gasteiger partial charge is 0.450 e. The number of hydrogen-bond donors (Lipinski definition) is 1. The van der Waals surface area contributed by atoms with E-state index in [2.05, 4.69) is 30.6 Å². The van der Waals surface area contributed by atoms with E-state index in [0.29, 0.717) is 6.04 Å². The van der Waals surface area contributed by atoms with Gasteiger partial charge < -0.3 is 10.5 Å². The summed E-state index contributed by atoms with van der Waals surface area (Å²) in [4.78, 5) is 14.7. The summed E-state index contributed by atoms with van der Waals surface area (Å²) in [7, 11) is 0. The number of carbonyl (C=O) groups excluding carboxylic acids is 1. The highest BCUT2D eigenvalue weighted by atomic mass is 16.6. The first-order chi connectivity index (χ1) is 12.5. The average Bonchev–Trinajstić information content (AvgIpc) is 2.91. The fourth-order valence-corrected chi connectivity index (χ4v) is 4.82. The first kappa shape index (κ1) is 17.2. The molecule has 136 valence electrons. The third-order valence-electron chi connectivity index (χ3n) is 6.16. The minimum Gasteiger partial charge on any atom is -0.450 e. The topological polar surface area (TPSA) is 55.6 Å². The normalized spacial score (nSPS) is 33.8. The zero-order valence-corrected chi connectivity index (χ0v) is 15.5. The number of nitrogens with zero attached hydrogens (tertiary/aromatic N) is 1. The molecule has 0 spiro atoms. The lowest BCUT2D eigenvalue weighted by atomic mass is 9.79. The quantitative estimate of drug-likeness (QED) is 0.444. The number of anilines is 1. The van der Waals surface area contributed by atoms with Crippen LogP contribution in [0.3, 0.4) is 0 Å². The maximum Gasteiger partial charge on any atom is 0.331 e. The van der Waals surface area contributed by atoms with Crippen LogP contribution in [0.15, 0.2) is 35.9 Å². The second-order valence-electron chi connectivity index (χ2n) is 7.91. The second-order valence-corrected chi connectivity index (χ2v) is 7.91. The Kier molecular flexibility index (Phi) is 4.28. The molecule has 2 N–H and O–H groups in total. The van der Waals surface area contributed by atoms with Crippen LogP contribution in [-0.4, -0.2) is 35.1 Å². The number of hydrogen-bond acceptors (Lipinski definition) is 4. The van der Waals surface area contributed by atoms with Crippen LogP contribution >= 0.6 is 0 Å². The Morgan fingerprint density at radius 2 is 2.04 bits per heavy atom. The number of piperidine rings is 1. The van der Waals surface area contributed by atoms with Gasteiger partial charge in [-0.05, 0) is 69.5 Å². The van der Waals surface area contributed by atoms with Crippen molar-refractivity contribution in [3.8, 4) is 11.8 Å². The Bertz CT molecular complexity index is 802. The van der Waals surface area contributed by atoms with Crippen LogP contribution in [0.5, 0.6) is 0 Å². The fraction of sp³-hybridized carbons (Fsp3) is 0.500. The van der Waals surface area contributed by atoms with E-state index in [-0.39, 0.29) is 17.9 Å². The highest BCUT2D eigenvalue weighted by Gasteiger charge is 2.53. The van der Waals surface area contributed by atoms with Crippen molar-refractivity contribution in [3.63, 3.8) is 0 Å². The number of benzene rings is 1.